The first-order valence-corrected chi connectivity index (χ1v) is 8.75. The van der Waals surface area contributed by atoms with Crippen LogP contribution in [0.4, 0.5) is 4.39 Å². The van der Waals surface area contributed by atoms with Crippen molar-refractivity contribution in [1.82, 2.24) is 4.90 Å². The monoisotopic (exact) mass is 354 g/mol. The first-order chi connectivity index (χ1) is 11.0. The Balaban J connectivity index is 0.00000208. The Labute approximate surface area is 150 Å². The first kappa shape index (κ1) is 19.2. The van der Waals surface area contributed by atoms with Gasteiger partial charge in [0.05, 0.1) is 5.41 Å². The fourth-order valence-corrected chi connectivity index (χ4v) is 4.23. The molecule has 1 saturated heterocycles. The lowest BCUT2D eigenvalue weighted by atomic mass is 9.68. The molecule has 1 aliphatic carbocycles. The van der Waals surface area contributed by atoms with Crippen molar-refractivity contribution in [2.24, 2.45) is 11.1 Å². The van der Waals surface area contributed by atoms with Crippen LogP contribution in [0.3, 0.4) is 0 Å². The molecule has 1 aromatic rings. The summed E-state index contributed by atoms with van der Waals surface area (Å²) in [5.74, 6) is -0.0755. The highest BCUT2D eigenvalue weighted by Gasteiger charge is 2.46. The largest absolute Gasteiger partial charge is 0.341 e. The van der Waals surface area contributed by atoms with Crippen molar-refractivity contribution in [3.05, 3.63) is 35.6 Å². The van der Waals surface area contributed by atoms with Gasteiger partial charge < -0.3 is 10.6 Å². The van der Waals surface area contributed by atoms with Gasteiger partial charge in [-0.3, -0.25) is 4.79 Å². The molecular weight excluding hydrogens is 327 g/mol. The summed E-state index contributed by atoms with van der Waals surface area (Å²) in [6.07, 6.45) is 5.82. The molecule has 1 atom stereocenters. The van der Waals surface area contributed by atoms with E-state index in [1.807, 2.05) is 11.0 Å². The van der Waals surface area contributed by atoms with Gasteiger partial charge in [0.25, 0.3) is 0 Å². The third-order valence-electron chi connectivity index (χ3n) is 5.83. The third kappa shape index (κ3) is 3.45. The molecular formula is C19H28ClFN2O. The van der Waals surface area contributed by atoms with E-state index in [9.17, 15) is 9.18 Å². The molecule has 2 fully saturated rings. The molecule has 3 nitrogen and oxygen atoms in total. The van der Waals surface area contributed by atoms with Gasteiger partial charge in [-0.05, 0) is 48.9 Å². The molecule has 24 heavy (non-hydrogen) atoms. The quantitative estimate of drug-likeness (QED) is 0.900. The summed E-state index contributed by atoms with van der Waals surface area (Å²) in [6, 6.07) is 6.65. The molecule has 134 valence electrons. The van der Waals surface area contributed by atoms with Crippen LogP contribution in [0.1, 0.15) is 51.0 Å². The van der Waals surface area contributed by atoms with Crippen molar-refractivity contribution in [3.8, 4) is 0 Å². The molecule has 1 saturated carbocycles. The molecule has 0 radical (unpaired) electrons. The van der Waals surface area contributed by atoms with Gasteiger partial charge >= 0.3 is 0 Å². The summed E-state index contributed by atoms with van der Waals surface area (Å²) >= 11 is 0. The van der Waals surface area contributed by atoms with Crippen LogP contribution in [-0.2, 0) is 10.2 Å². The molecule has 5 heteroatoms. The minimum absolute atomic E-state index is 0. The minimum atomic E-state index is -0.541. The van der Waals surface area contributed by atoms with Gasteiger partial charge in [-0.1, -0.05) is 38.3 Å². The molecule has 1 unspecified atom stereocenters. The maximum absolute atomic E-state index is 13.8. The molecule has 0 aromatic heterocycles. The van der Waals surface area contributed by atoms with Crippen LogP contribution in [0.15, 0.2) is 24.3 Å². The second-order valence-corrected chi connectivity index (χ2v) is 7.64. The fraction of sp³-hybridized carbons (Fsp3) is 0.632. The molecule has 3 rings (SSSR count). The summed E-state index contributed by atoms with van der Waals surface area (Å²) in [5, 5.41) is 0. The number of nitrogens with two attached hydrogens (primary N) is 1. The van der Waals surface area contributed by atoms with Gasteiger partial charge in [0.2, 0.25) is 5.91 Å². The zero-order valence-electron chi connectivity index (χ0n) is 14.4. The maximum Gasteiger partial charge on any atom is 0.233 e. The SMILES string of the molecule is CC1(CN)CCN(C(=O)C2(c3cccc(F)c3)CCCCC2)C1.Cl. The predicted octanol–water partition coefficient (Wildman–Crippen LogP) is 3.65. The minimum Gasteiger partial charge on any atom is -0.341 e. The van der Waals surface area contributed by atoms with Crippen LogP contribution >= 0.6 is 12.4 Å². The van der Waals surface area contributed by atoms with E-state index in [0.29, 0.717) is 6.54 Å². The van der Waals surface area contributed by atoms with E-state index in [-0.39, 0.29) is 29.5 Å². The van der Waals surface area contributed by atoms with Gasteiger partial charge in [0.1, 0.15) is 5.82 Å². The number of hydrogen-bond acceptors (Lipinski definition) is 2. The van der Waals surface area contributed by atoms with E-state index in [0.717, 1.165) is 57.2 Å². The van der Waals surface area contributed by atoms with Crippen molar-refractivity contribution in [3.63, 3.8) is 0 Å². The van der Waals surface area contributed by atoms with Crippen LogP contribution in [0, 0.1) is 11.2 Å². The van der Waals surface area contributed by atoms with E-state index >= 15 is 0 Å². The van der Waals surface area contributed by atoms with Crippen LogP contribution < -0.4 is 5.73 Å². The van der Waals surface area contributed by atoms with Crippen molar-refractivity contribution in [2.45, 2.75) is 50.9 Å². The zero-order valence-corrected chi connectivity index (χ0v) is 15.2. The van der Waals surface area contributed by atoms with E-state index in [4.69, 9.17) is 5.73 Å². The summed E-state index contributed by atoms with van der Waals surface area (Å²) in [4.78, 5) is 15.4. The lowest BCUT2D eigenvalue weighted by molar-refractivity contribution is -0.138. The Hall–Kier alpha value is -1.13. The standard InChI is InChI=1S/C19H27FN2O.ClH/c1-18(13-21)10-11-22(14-18)17(23)19(8-3-2-4-9-19)15-6-5-7-16(20)12-15;/h5-7,12H,2-4,8-11,13-14,21H2,1H3;1H. The maximum atomic E-state index is 13.8. The summed E-state index contributed by atoms with van der Waals surface area (Å²) in [5.41, 5.74) is 6.22. The fourth-order valence-electron chi connectivity index (χ4n) is 4.23. The lowest BCUT2D eigenvalue weighted by Crippen LogP contribution is -2.48. The number of benzene rings is 1. The predicted molar refractivity (Wildman–Crippen MR) is 96.8 cm³/mol. The molecule has 1 heterocycles. The van der Waals surface area contributed by atoms with E-state index in [1.165, 1.54) is 6.07 Å². The van der Waals surface area contributed by atoms with Crippen molar-refractivity contribution in [2.75, 3.05) is 19.6 Å². The highest BCUT2D eigenvalue weighted by atomic mass is 35.5. The number of nitrogens with zero attached hydrogens (tertiary/aromatic N) is 1. The van der Waals surface area contributed by atoms with Crippen molar-refractivity contribution in [1.29, 1.82) is 0 Å². The lowest BCUT2D eigenvalue weighted by Gasteiger charge is -2.39. The molecule has 1 aromatic carbocycles. The Morgan fingerprint density at radius 3 is 2.54 bits per heavy atom. The molecule has 0 spiro atoms. The summed E-state index contributed by atoms with van der Waals surface area (Å²) in [7, 11) is 0. The van der Waals surface area contributed by atoms with Gasteiger partial charge in [0.15, 0.2) is 0 Å². The average Bonchev–Trinajstić information content (AvgIpc) is 2.98. The topological polar surface area (TPSA) is 46.3 Å². The molecule has 2 N–H and O–H groups in total. The summed E-state index contributed by atoms with van der Waals surface area (Å²) in [6.45, 7) is 4.24. The highest BCUT2D eigenvalue weighted by molar-refractivity contribution is 5.88. The molecule has 1 aliphatic heterocycles. The van der Waals surface area contributed by atoms with Crippen LogP contribution in [0.2, 0.25) is 0 Å². The van der Waals surface area contributed by atoms with E-state index < -0.39 is 5.41 Å². The van der Waals surface area contributed by atoms with Crippen LogP contribution in [0.25, 0.3) is 0 Å². The Bertz CT molecular complexity index is 588. The Morgan fingerprint density at radius 1 is 1.25 bits per heavy atom. The first-order valence-electron chi connectivity index (χ1n) is 8.75. The number of halogens is 2. The van der Waals surface area contributed by atoms with Crippen molar-refractivity contribution < 1.29 is 9.18 Å². The number of hydrogen-bond donors (Lipinski definition) is 1. The van der Waals surface area contributed by atoms with E-state index in [1.54, 1.807) is 12.1 Å². The van der Waals surface area contributed by atoms with Gasteiger partial charge in [-0.15, -0.1) is 12.4 Å². The highest BCUT2D eigenvalue weighted by Crippen LogP contribution is 2.43. The van der Waals surface area contributed by atoms with Gasteiger partial charge in [-0.25, -0.2) is 4.39 Å². The van der Waals surface area contributed by atoms with Crippen LogP contribution in [0.5, 0.6) is 0 Å². The molecule has 2 aliphatic rings. The third-order valence-corrected chi connectivity index (χ3v) is 5.83. The van der Waals surface area contributed by atoms with Crippen LogP contribution in [-0.4, -0.2) is 30.4 Å². The number of carbonyl (C=O) groups is 1. The normalized spacial score (nSPS) is 26.0. The number of rotatable bonds is 3. The van der Waals surface area contributed by atoms with Gasteiger partial charge in [-0.2, -0.15) is 0 Å². The zero-order chi connectivity index (χ0) is 16.5. The van der Waals surface area contributed by atoms with E-state index in [2.05, 4.69) is 6.92 Å². The van der Waals surface area contributed by atoms with Gasteiger partial charge in [0, 0.05) is 13.1 Å². The second-order valence-electron chi connectivity index (χ2n) is 7.64. The number of likely N-dealkylation sites (tertiary alicyclic amines) is 1. The molecule has 0 bridgehead atoms. The smallest absolute Gasteiger partial charge is 0.233 e. The second kappa shape index (κ2) is 7.40. The Morgan fingerprint density at radius 2 is 1.96 bits per heavy atom. The number of amides is 1. The van der Waals surface area contributed by atoms with Crippen molar-refractivity contribution >= 4 is 18.3 Å². The average molecular weight is 355 g/mol. The summed E-state index contributed by atoms with van der Waals surface area (Å²) < 4.78 is 13.8. The molecule has 1 amide bonds. The Kier molecular flexibility index (Phi) is 5.92. The number of carbonyl (C=O) groups excluding carboxylic acids is 1.